The molecule has 2 N–H and O–H groups in total. The third-order valence-corrected chi connectivity index (χ3v) is 6.66. The van der Waals surface area contributed by atoms with Crippen molar-refractivity contribution in [2.45, 2.75) is 25.8 Å². The van der Waals surface area contributed by atoms with Crippen molar-refractivity contribution in [3.63, 3.8) is 0 Å². The average molecular weight is 558 g/mol. The van der Waals surface area contributed by atoms with Crippen molar-refractivity contribution in [3.8, 4) is 11.5 Å². The van der Waals surface area contributed by atoms with Crippen LogP contribution in [0.15, 0.2) is 72.7 Å². The van der Waals surface area contributed by atoms with Crippen molar-refractivity contribution < 1.29 is 23.8 Å². The van der Waals surface area contributed by atoms with Crippen LogP contribution in [0.5, 0.6) is 11.5 Å². The first kappa shape index (κ1) is 27.4. The van der Waals surface area contributed by atoms with Gasteiger partial charge in [-0.25, -0.2) is 4.79 Å². The molecule has 1 saturated carbocycles. The van der Waals surface area contributed by atoms with Crippen LogP contribution < -0.4 is 25.0 Å². The Morgan fingerprint density at radius 2 is 1.79 bits per heavy atom. The Balaban J connectivity index is 1.56. The van der Waals surface area contributed by atoms with Crippen molar-refractivity contribution in [1.29, 1.82) is 0 Å². The lowest BCUT2D eigenvalue weighted by Gasteiger charge is -2.38. The number of halogens is 2. The molecule has 10 heteroatoms. The molecule has 1 aliphatic carbocycles. The fourth-order valence-electron chi connectivity index (χ4n) is 4.21. The molecule has 0 unspecified atom stereocenters. The molecule has 0 bridgehead atoms. The normalized spacial score (nSPS) is 15.6. The standard InChI is InChI=1S/C28H29Cl2N3O5/c1-3-7-24(38-26-15-20(29)25(14-21(26)30)37-17-27(34)36-4-2)19(16-31)28(35)33-13-12-32(18-10-11-18)22-8-5-6-9-23(22)33/h3,5-9,14-16,18H,1,4,10-13,17,31H2,2H3/b19-16+,24-7+. The Bertz CT molecular complexity index is 1290. The molecule has 1 heterocycles. The summed E-state index contributed by atoms with van der Waals surface area (Å²) >= 11 is 12.8. The Morgan fingerprint density at radius 3 is 2.45 bits per heavy atom. The summed E-state index contributed by atoms with van der Waals surface area (Å²) in [5.41, 5.74) is 7.93. The lowest BCUT2D eigenvalue weighted by molar-refractivity contribution is -0.145. The summed E-state index contributed by atoms with van der Waals surface area (Å²) in [5.74, 6) is -0.360. The molecule has 1 fully saturated rings. The van der Waals surface area contributed by atoms with E-state index >= 15 is 0 Å². The van der Waals surface area contributed by atoms with Crippen molar-refractivity contribution in [1.82, 2.24) is 0 Å². The first-order valence-electron chi connectivity index (χ1n) is 12.3. The van der Waals surface area contributed by atoms with Gasteiger partial charge in [0.15, 0.2) is 6.61 Å². The number of hydrogen-bond donors (Lipinski definition) is 1. The summed E-state index contributed by atoms with van der Waals surface area (Å²) in [7, 11) is 0. The fraction of sp³-hybridized carbons (Fsp3) is 0.286. The highest BCUT2D eigenvalue weighted by Gasteiger charge is 2.36. The minimum Gasteiger partial charge on any atom is -0.480 e. The average Bonchev–Trinajstić information content (AvgIpc) is 3.75. The number of carbonyl (C=O) groups excluding carboxylic acids is 2. The third kappa shape index (κ3) is 6.09. The molecule has 38 heavy (non-hydrogen) atoms. The molecule has 0 atom stereocenters. The molecule has 2 aromatic carbocycles. The molecule has 0 saturated heterocycles. The van der Waals surface area contributed by atoms with Gasteiger partial charge in [0.1, 0.15) is 17.3 Å². The van der Waals surface area contributed by atoms with Crippen LogP contribution in [0.3, 0.4) is 0 Å². The van der Waals surface area contributed by atoms with Crippen molar-refractivity contribution in [2.75, 3.05) is 36.1 Å². The highest BCUT2D eigenvalue weighted by atomic mass is 35.5. The fourth-order valence-corrected chi connectivity index (χ4v) is 4.61. The Labute approximate surface area is 231 Å². The molecular formula is C28H29Cl2N3O5. The van der Waals surface area contributed by atoms with E-state index in [9.17, 15) is 9.59 Å². The van der Waals surface area contributed by atoms with E-state index in [4.69, 9.17) is 43.1 Å². The summed E-state index contributed by atoms with van der Waals surface area (Å²) in [6.07, 6.45) is 6.54. The van der Waals surface area contributed by atoms with E-state index in [0.29, 0.717) is 12.6 Å². The van der Waals surface area contributed by atoms with E-state index in [2.05, 4.69) is 11.5 Å². The van der Waals surface area contributed by atoms with E-state index in [1.54, 1.807) is 11.8 Å². The molecule has 2 aromatic rings. The van der Waals surface area contributed by atoms with Gasteiger partial charge < -0.3 is 29.7 Å². The van der Waals surface area contributed by atoms with E-state index in [-0.39, 0.29) is 52.0 Å². The predicted octanol–water partition coefficient (Wildman–Crippen LogP) is 5.24. The van der Waals surface area contributed by atoms with Crippen LogP contribution in [0.25, 0.3) is 0 Å². The first-order chi connectivity index (χ1) is 18.4. The number of para-hydroxylation sites is 2. The van der Waals surface area contributed by atoms with E-state index in [1.807, 2.05) is 24.3 Å². The van der Waals surface area contributed by atoms with Gasteiger partial charge in [0.25, 0.3) is 5.91 Å². The second-order valence-corrected chi connectivity index (χ2v) is 9.44. The molecule has 1 aliphatic heterocycles. The van der Waals surface area contributed by atoms with E-state index < -0.39 is 5.97 Å². The maximum atomic E-state index is 13.8. The molecular weight excluding hydrogens is 529 g/mol. The maximum absolute atomic E-state index is 13.8. The Hall–Kier alpha value is -3.62. The number of fused-ring (bicyclic) bond motifs is 1. The van der Waals surface area contributed by atoms with E-state index in [0.717, 1.165) is 30.8 Å². The summed E-state index contributed by atoms with van der Waals surface area (Å²) in [5, 5.41) is 0.303. The van der Waals surface area contributed by atoms with Gasteiger partial charge in [-0.3, -0.25) is 4.79 Å². The zero-order chi connectivity index (χ0) is 27.2. The molecule has 0 aromatic heterocycles. The zero-order valence-electron chi connectivity index (χ0n) is 21.0. The monoisotopic (exact) mass is 557 g/mol. The van der Waals surface area contributed by atoms with Crippen molar-refractivity contribution >= 4 is 46.5 Å². The Kier molecular flexibility index (Phi) is 8.86. The smallest absolute Gasteiger partial charge is 0.344 e. The maximum Gasteiger partial charge on any atom is 0.344 e. The second kappa shape index (κ2) is 12.3. The van der Waals surface area contributed by atoms with Crippen LogP contribution in [-0.2, 0) is 14.3 Å². The molecule has 0 spiro atoms. The summed E-state index contributed by atoms with van der Waals surface area (Å²) in [6, 6.07) is 11.2. The van der Waals surface area contributed by atoms with E-state index in [1.165, 1.54) is 30.5 Å². The van der Waals surface area contributed by atoms with Gasteiger partial charge in [0, 0.05) is 37.5 Å². The van der Waals surface area contributed by atoms with Gasteiger partial charge in [-0.05, 0) is 38.0 Å². The van der Waals surface area contributed by atoms with Crippen LogP contribution in [0.4, 0.5) is 11.4 Å². The number of hydrogen-bond acceptors (Lipinski definition) is 7. The second-order valence-electron chi connectivity index (χ2n) is 8.63. The molecule has 2 aliphatic rings. The number of nitrogens with two attached hydrogens (primary N) is 1. The number of nitrogens with zero attached hydrogens (tertiary/aromatic N) is 2. The van der Waals surface area contributed by atoms with Gasteiger partial charge in [-0.2, -0.15) is 0 Å². The lowest BCUT2D eigenvalue weighted by Crippen LogP contribution is -2.45. The summed E-state index contributed by atoms with van der Waals surface area (Å²) in [4.78, 5) is 29.4. The van der Waals surface area contributed by atoms with Crippen LogP contribution in [0.2, 0.25) is 10.0 Å². The summed E-state index contributed by atoms with van der Waals surface area (Å²) in [6.45, 7) is 6.57. The molecule has 0 radical (unpaired) electrons. The van der Waals surface area contributed by atoms with Gasteiger partial charge in [-0.1, -0.05) is 48.0 Å². The van der Waals surface area contributed by atoms with Crippen LogP contribution in [-0.4, -0.2) is 44.2 Å². The van der Waals surface area contributed by atoms with Gasteiger partial charge in [-0.15, -0.1) is 0 Å². The van der Waals surface area contributed by atoms with Crippen LogP contribution in [0, 0.1) is 0 Å². The van der Waals surface area contributed by atoms with Crippen LogP contribution >= 0.6 is 23.2 Å². The highest BCUT2D eigenvalue weighted by Crippen LogP contribution is 2.41. The third-order valence-electron chi connectivity index (χ3n) is 6.07. The number of amides is 1. The Morgan fingerprint density at radius 1 is 1.11 bits per heavy atom. The van der Waals surface area contributed by atoms with Crippen molar-refractivity contribution in [2.24, 2.45) is 5.73 Å². The predicted molar refractivity (Wildman–Crippen MR) is 149 cm³/mol. The van der Waals surface area contributed by atoms with Gasteiger partial charge >= 0.3 is 5.97 Å². The lowest BCUT2D eigenvalue weighted by atomic mass is 10.1. The van der Waals surface area contributed by atoms with Crippen LogP contribution in [0.1, 0.15) is 19.8 Å². The SMILES string of the molecule is C=C/C=C(Oc1cc(Cl)c(OCC(=O)OCC)cc1Cl)\C(=C/N)C(=O)N1CCN(C2CC2)c2ccccc21. The highest BCUT2D eigenvalue weighted by molar-refractivity contribution is 6.35. The zero-order valence-corrected chi connectivity index (χ0v) is 22.5. The first-order valence-corrected chi connectivity index (χ1v) is 13.0. The number of rotatable bonds is 10. The minimum absolute atomic E-state index is 0.134. The molecule has 8 nitrogen and oxygen atoms in total. The molecule has 200 valence electrons. The van der Waals surface area contributed by atoms with Crippen molar-refractivity contribution in [3.05, 3.63) is 82.7 Å². The number of allylic oxidation sites excluding steroid dienone is 2. The number of benzene rings is 2. The topological polar surface area (TPSA) is 94.3 Å². The number of ether oxygens (including phenoxy) is 3. The number of anilines is 2. The molecule has 4 rings (SSSR count). The summed E-state index contributed by atoms with van der Waals surface area (Å²) < 4.78 is 16.3. The number of esters is 1. The van der Waals surface area contributed by atoms with Gasteiger partial charge in [0.2, 0.25) is 0 Å². The minimum atomic E-state index is -0.535. The largest absolute Gasteiger partial charge is 0.480 e. The number of carbonyl (C=O) groups is 2. The molecule has 1 amide bonds. The van der Waals surface area contributed by atoms with Gasteiger partial charge in [0.05, 0.1) is 33.6 Å². The quantitative estimate of drug-likeness (QED) is 0.184.